The fourth-order valence-electron chi connectivity index (χ4n) is 3.67. The topological polar surface area (TPSA) is 38.3 Å². The molecule has 2 aromatic rings. The van der Waals surface area contributed by atoms with Gasteiger partial charge in [-0.1, -0.05) is 43.2 Å². The van der Waals surface area contributed by atoms with Crippen LogP contribution < -0.4 is 10.1 Å². The second-order valence-electron chi connectivity index (χ2n) is 6.35. The Morgan fingerprint density at radius 3 is 2.50 bits per heavy atom. The maximum absolute atomic E-state index is 13.8. The SMILES string of the molecule is COc1ccccc1C1(CNC(=O)c2ccccc2F)CCCC1. The standard InChI is InChI=1S/C20H22FNO2/c1-24-18-11-5-3-9-16(18)20(12-6-7-13-20)14-22-19(23)15-8-2-4-10-17(15)21/h2-5,8-11H,6-7,12-14H2,1H3,(H,22,23). The van der Waals surface area contributed by atoms with Crippen molar-refractivity contribution in [2.24, 2.45) is 0 Å². The molecule has 1 aliphatic carbocycles. The lowest BCUT2D eigenvalue weighted by Crippen LogP contribution is -2.39. The monoisotopic (exact) mass is 327 g/mol. The minimum Gasteiger partial charge on any atom is -0.496 e. The highest BCUT2D eigenvalue weighted by atomic mass is 19.1. The van der Waals surface area contributed by atoms with Gasteiger partial charge in [-0.2, -0.15) is 0 Å². The summed E-state index contributed by atoms with van der Waals surface area (Å²) in [6.07, 6.45) is 4.22. The lowest BCUT2D eigenvalue weighted by molar-refractivity contribution is 0.0938. The molecule has 126 valence electrons. The summed E-state index contributed by atoms with van der Waals surface area (Å²) in [5.74, 6) is -0.0124. The summed E-state index contributed by atoms with van der Waals surface area (Å²) in [7, 11) is 1.67. The molecular weight excluding hydrogens is 305 g/mol. The highest BCUT2D eigenvalue weighted by Crippen LogP contribution is 2.44. The van der Waals surface area contributed by atoms with Gasteiger partial charge in [-0.05, 0) is 31.0 Å². The maximum Gasteiger partial charge on any atom is 0.254 e. The third-order valence-electron chi connectivity index (χ3n) is 4.94. The zero-order valence-corrected chi connectivity index (χ0v) is 13.8. The van der Waals surface area contributed by atoms with E-state index in [4.69, 9.17) is 4.74 Å². The molecule has 0 aromatic heterocycles. The molecule has 1 saturated carbocycles. The van der Waals surface area contributed by atoms with E-state index in [1.54, 1.807) is 19.2 Å². The zero-order chi connectivity index (χ0) is 17.0. The Hall–Kier alpha value is -2.36. The van der Waals surface area contributed by atoms with Crippen molar-refractivity contribution in [1.82, 2.24) is 5.32 Å². The molecule has 0 spiro atoms. The van der Waals surface area contributed by atoms with Crippen LogP contribution in [-0.4, -0.2) is 19.6 Å². The number of hydrogen-bond donors (Lipinski definition) is 1. The predicted octanol–water partition coefficient (Wildman–Crippen LogP) is 4.08. The predicted molar refractivity (Wildman–Crippen MR) is 91.9 cm³/mol. The fraction of sp³-hybridized carbons (Fsp3) is 0.350. The van der Waals surface area contributed by atoms with Crippen LogP contribution in [0.25, 0.3) is 0 Å². The molecule has 1 amide bonds. The number of ether oxygens (including phenoxy) is 1. The van der Waals surface area contributed by atoms with E-state index >= 15 is 0 Å². The van der Waals surface area contributed by atoms with Crippen LogP contribution in [0.4, 0.5) is 4.39 Å². The molecule has 0 radical (unpaired) electrons. The molecule has 1 fully saturated rings. The summed E-state index contributed by atoms with van der Waals surface area (Å²) >= 11 is 0. The molecule has 4 heteroatoms. The van der Waals surface area contributed by atoms with Crippen LogP contribution in [0.2, 0.25) is 0 Å². The molecule has 0 saturated heterocycles. The van der Waals surface area contributed by atoms with Crippen LogP contribution in [0.5, 0.6) is 5.75 Å². The van der Waals surface area contributed by atoms with Gasteiger partial charge in [0.15, 0.2) is 0 Å². The van der Waals surface area contributed by atoms with Crippen molar-refractivity contribution >= 4 is 5.91 Å². The molecule has 1 aliphatic rings. The Morgan fingerprint density at radius 1 is 1.12 bits per heavy atom. The smallest absolute Gasteiger partial charge is 0.254 e. The number of carbonyl (C=O) groups excluding carboxylic acids is 1. The van der Waals surface area contributed by atoms with Gasteiger partial charge in [0.1, 0.15) is 11.6 Å². The Morgan fingerprint density at radius 2 is 1.79 bits per heavy atom. The maximum atomic E-state index is 13.8. The van der Waals surface area contributed by atoms with Crippen LogP contribution >= 0.6 is 0 Å². The molecule has 0 atom stereocenters. The van der Waals surface area contributed by atoms with E-state index in [0.717, 1.165) is 37.0 Å². The van der Waals surface area contributed by atoms with Crippen molar-refractivity contribution in [3.05, 3.63) is 65.5 Å². The number of benzene rings is 2. The van der Waals surface area contributed by atoms with E-state index in [-0.39, 0.29) is 16.9 Å². The molecular formula is C20H22FNO2. The second kappa shape index (κ2) is 7.04. The number of methoxy groups -OCH3 is 1. The highest BCUT2D eigenvalue weighted by Gasteiger charge is 2.38. The van der Waals surface area contributed by atoms with Gasteiger partial charge in [-0.15, -0.1) is 0 Å². The van der Waals surface area contributed by atoms with Crippen LogP contribution in [0.15, 0.2) is 48.5 Å². The van der Waals surface area contributed by atoms with E-state index < -0.39 is 5.82 Å². The van der Waals surface area contributed by atoms with Crippen molar-refractivity contribution in [3.63, 3.8) is 0 Å². The summed E-state index contributed by atoms with van der Waals surface area (Å²) < 4.78 is 19.3. The van der Waals surface area contributed by atoms with Crippen molar-refractivity contribution in [3.8, 4) is 5.75 Å². The average Bonchev–Trinajstić information content (AvgIpc) is 3.10. The van der Waals surface area contributed by atoms with E-state index in [1.165, 1.54) is 12.1 Å². The van der Waals surface area contributed by atoms with Gasteiger partial charge in [-0.25, -0.2) is 4.39 Å². The van der Waals surface area contributed by atoms with Crippen LogP contribution in [0, 0.1) is 5.82 Å². The van der Waals surface area contributed by atoms with E-state index in [0.29, 0.717) is 6.54 Å². The molecule has 1 N–H and O–H groups in total. The Balaban J connectivity index is 1.82. The summed E-state index contributed by atoms with van der Waals surface area (Å²) in [6, 6.07) is 14.0. The van der Waals surface area contributed by atoms with Gasteiger partial charge in [0.05, 0.1) is 12.7 Å². The summed E-state index contributed by atoms with van der Waals surface area (Å²) in [5.41, 5.74) is 1.07. The minimum absolute atomic E-state index is 0.0886. The second-order valence-corrected chi connectivity index (χ2v) is 6.35. The number of hydrogen-bond acceptors (Lipinski definition) is 2. The first-order valence-electron chi connectivity index (χ1n) is 8.32. The molecule has 0 unspecified atom stereocenters. The number of para-hydroxylation sites is 1. The number of nitrogens with one attached hydrogen (secondary N) is 1. The van der Waals surface area contributed by atoms with Gasteiger partial charge in [-0.3, -0.25) is 4.79 Å². The van der Waals surface area contributed by atoms with Crippen LogP contribution in [0.1, 0.15) is 41.6 Å². The Labute approximate surface area is 141 Å². The Bertz CT molecular complexity index is 723. The summed E-state index contributed by atoms with van der Waals surface area (Å²) in [6.45, 7) is 0.487. The lowest BCUT2D eigenvalue weighted by atomic mass is 9.78. The van der Waals surface area contributed by atoms with Crippen molar-refractivity contribution in [1.29, 1.82) is 0 Å². The minimum atomic E-state index is -0.493. The largest absolute Gasteiger partial charge is 0.496 e. The van der Waals surface area contributed by atoms with E-state index in [9.17, 15) is 9.18 Å². The third kappa shape index (κ3) is 3.14. The van der Waals surface area contributed by atoms with Crippen LogP contribution in [0.3, 0.4) is 0 Å². The van der Waals surface area contributed by atoms with Crippen molar-refractivity contribution < 1.29 is 13.9 Å². The molecule has 3 nitrogen and oxygen atoms in total. The van der Waals surface area contributed by atoms with E-state index in [2.05, 4.69) is 11.4 Å². The van der Waals surface area contributed by atoms with Crippen molar-refractivity contribution in [2.75, 3.05) is 13.7 Å². The molecule has 2 aromatic carbocycles. The number of rotatable bonds is 5. The number of amides is 1. The van der Waals surface area contributed by atoms with Crippen molar-refractivity contribution in [2.45, 2.75) is 31.1 Å². The molecule has 0 heterocycles. The average molecular weight is 327 g/mol. The first-order chi connectivity index (χ1) is 11.7. The molecule has 0 aliphatic heterocycles. The van der Waals surface area contributed by atoms with Gasteiger partial charge < -0.3 is 10.1 Å². The number of halogens is 1. The van der Waals surface area contributed by atoms with Gasteiger partial charge >= 0.3 is 0 Å². The quantitative estimate of drug-likeness (QED) is 0.899. The Kier molecular flexibility index (Phi) is 4.84. The summed E-state index contributed by atoms with van der Waals surface area (Å²) in [4.78, 5) is 12.4. The summed E-state index contributed by atoms with van der Waals surface area (Å²) in [5, 5.41) is 2.94. The van der Waals surface area contributed by atoms with Crippen LogP contribution in [-0.2, 0) is 5.41 Å². The molecule has 24 heavy (non-hydrogen) atoms. The molecule has 0 bridgehead atoms. The normalized spacial score (nSPS) is 15.9. The first-order valence-corrected chi connectivity index (χ1v) is 8.32. The lowest BCUT2D eigenvalue weighted by Gasteiger charge is -2.31. The first kappa shape index (κ1) is 16.5. The highest BCUT2D eigenvalue weighted by molar-refractivity contribution is 5.94. The zero-order valence-electron chi connectivity index (χ0n) is 13.8. The van der Waals surface area contributed by atoms with Gasteiger partial charge in [0.25, 0.3) is 5.91 Å². The van der Waals surface area contributed by atoms with Gasteiger partial charge in [0, 0.05) is 17.5 Å². The fourth-order valence-corrected chi connectivity index (χ4v) is 3.67. The van der Waals surface area contributed by atoms with E-state index in [1.807, 2.05) is 18.2 Å². The molecule has 3 rings (SSSR count). The van der Waals surface area contributed by atoms with Gasteiger partial charge in [0.2, 0.25) is 0 Å². The number of carbonyl (C=O) groups is 1. The third-order valence-corrected chi connectivity index (χ3v) is 4.94.